The van der Waals surface area contributed by atoms with Crippen molar-refractivity contribution >= 4 is 28.6 Å². The number of para-hydroxylation sites is 1. The first-order valence-corrected chi connectivity index (χ1v) is 6.49. The quantitative estimate of drug-likeness (QED) is 0.864. The summed E-state index contributed by atoms with van der Waals surface area (Å²) in [5, 5.41) is 8.77. The number of carbonyl (C=O) groups is 1. The molecule has 1 unspecified atom stereocenters. The maximum atomic E-state index is 12.0. The van der Waals surface area contributed by atoms with Crippen molar-refractivity contribution in [2.45, 2.75) is 5.50 Å². The molecule has 0 spiro atoms. The number of amides is 1. The van der Waals surface area contributed by atoms with E-state index in [2.05, 4.69) is 15.6 Å². The summed E-state index contributed by atoms with van der Waals surface area (Å²) in [6, 6.07) is 9.59. The molecule has 90 valence electrons. The highest BCUT2D eigenvalue weighted by Crippen LogP contribution is 2.15. The van der Waals surface area contributed by atoms with Gasteiger partial charge in [0.15, 0.2) is 5.50 Å². The Balaban J connectivity index is 1.82. The predicted octanol–water partition coefficient (Wildman–Crippen LogP) is 2.06. The highest BCUT2D eigenvalue weighted by Gasteiger charge is 2.14. The second-order valence-corrected chi connectivity index (χ2v) is 4.89. The summed E-state index contributed by atoms with van der Waals surface area (Å²) in [5.74, 6) is -0.123. The average molecular weight is 257 g/mol. The van der Waals surface area contributed by atoms with Gasteiger partial charge in [0.05, 0.1) is 11.1 Å². The van der Waals surface area contributed by atoms with E-state index >= 15 is 0 Å². The Hall–Kier alpha value is -2.01. The SMILES string of the molecule is O=C(NC1NC=CS1)c1cnc2ccccc2c1. The van der Waals surface area contributed by atoms with E-state index in [9.17, 15) is 4.79 Å². The number of thioether (sulfide) groups is 1. The Morgan fingerprint density at radius 3 is 3.11 bits per heavy atom. The van der Waals surface area contributed by atoms with Crippen molar-refractivity contribution in [3.63, 3.8) is 0 Å². The van der Waals surface area contributed by atoms with Crippen molar-refractivity contribution < 1.29 is 4.79 Å². The highest BCUT2D eigenvalue weighted by molar-refractivity contribution is 8.02. The second kappa shape index (κ2) is 4.70. The molecule has 0 saturated heterocycles. The fourth-order valence-corrected chi connectivity index (χ4v) is 2.40. The van der Waals surface area contributed by atoms with Crippen molar-refractivity contribution in [3.05, 3.63) is 53.7 Å². The van der Waals surface area contributed by atoms with Crippen LogP contribution in [0.5, 0.6) is 0 Å². The topological polar surface area (TPSA) is 54.0 Å². The molecule has 0 saturated carbocycles. The van der Waals surface area contributed by atoms with Crippen molar-refractivity contribution in [2.75, 3.05) is 0 Å². The number of hydrogen-bond acceptors (Lipinski definition) is 4. The number of nitrogens with one attached hydrogen (secondary N) is 2. The standard InChI is InChI=1S/C13H11N3OS/c17-12(16-13-14-5-6-18-13)10-7-9-3-1-2-4-11(9)15-8-10/h1-8,13-14H,(H,16,17). The molecule has 1 aliphatic rings. The lowest BCUT2D eigenvalue weighted by Crippen LogP contribution is -2.38. The largest absolute Gasteiger partial charge is 0.362 e. The van der Waals surface area contributed by atoms with E-state index in [-0.39, 0.29) is 11.4 Å². The molecule has 18 heavy (non-hydrogen) atoms. The monoisotopic (exact) mass is 257 g/mol. The van der Waals surface area contributed by atoms with E-state index in [1.54, 1.807) is 6.20 Å². The fraction of sp³-hybridized carbons (Fsp3) is 0.0769. The summed E-state index contributed by atoms with van der Waals surface area (Å²) in [7, 11) is 0. The minimum Gasteiger partial charge on any atom is -0.362 e. The first kappa shape index (κ1) is 11.1. The minimum atomic E-state index is -0.123. The summed E-state index contributed by atoms with van der Waals surface area (Å²) in [6.45, 7) is 0. The van der Waals surface area contributed by atoms with Gasteiger partial charge in [-0.1, -0.05) is 30.0 Å². The molecule has 1 aromatic carbocycles. The van der Waals surface area contributed by atoms with Crippen molar-refractivity contribution in [1.82, 2.24) is 15.6 Å². The van der Waals surface area contributed by atoms with Crippen molar-refractivity contribution in [2.24, 2.45) is 0 Å². The lowest BCUT2D eigenvalue weighted by molar-refractivity contribution is 0.0947. The Labute approximate surface area is 108 Å². The zero-order valence-electron chi connectivity index (χ0n) is 9.46. The van der Waals surface area contributed by atoms with Crippen LogP contribution < -0.4 is 10.6 Å². The highest BCUT2D eigenvalue weighted by atomic mass is 32.2. The van der Waals surface area contributed by atoms with E-state index in [0.717, 1.165) is 10.9 Å². The summed E-state index contributed by atoms with van der Waals surface area (Å²) < 4.78 is 0. The number of benzene rings is 1. The maximum absolute atomic E-state index is 12.0. The summed E-state index contributed by atoms with van der Waals surface area (Å²) >= 11 is 1.52. The number of carbonyl (C=O) groups excluding carboxylic acids is 1. The van der Waals surface area contributed by atoms with Crippen molar-refractivity contribution in [3.8, 4) is 0 Å². The molecule has 2 aromatic rings. The van der Waals surface area contributed by atoms with Gasteiger partial charge in [-0.3, -0.25) is 9.78 Å². The summed E-state index contributed by atoms with van der Waals surface area (Å²) in [6.07, 6.45) is 3.42. The number of rotatable bonds is 2. The van der Waals surface area contributed by atoms with Gasteiger partial charge < -0.3 is 10.6 Å². The second-order valence-electron chi connectivity index (χ2n) is 3.88. The Morgan fingerprint density at radius 1 is 1.39 bits per heavy atom. The van der Waals surface area contributed by atoms with Crippen LogP contribution in [-0.4, -0.2) is 16.4 Å². The molecule has 1 aromatic heterocycles. The molecule has 2 heterocycles. The van der Waals surface area contributed by atoms with E-state index < -0.39 is 0 Å². The van der Waals surface area contributed by atoms with Crippen LogP contribution >= 0.6 is 11.8 Å². The first-order valence-electron chi connectivity index (χ1n) is 5.55. The van der Waals surface area contributed by atoms with Crippen LogP contribution in [0.25, 0.3) is 10.9 Å². The van der Waals surface area contributed by atoms with Gasteiger partial charge in [0.2, 0.25) is 0 Å². The van der Waals surface area contributed by atoms with Crippen LogP contribution in [0.3, 0.4) is 0 Å². The van der Waals surface area contributed by atoms with Crippen LogP contribution in [0, 0.1) is 0 Å². The number of pyridine rings is 1. The zero-order chi connectivity index (χ0) is 12.4. The van der Waals surface area contributed by atoms with Gasteiger partial charge in [0.25, 0.3) is 5.91 Å². The molecule has 4 nitrogen and oxygen atoms in total. The van der Waals surface area contributed by atoms with Gasteiger partial charge in [-0.05, 0) is 17.5 Å². The summed E-state index contributed by atoms with van der Waals surface area (Å²) in [5.41, 5.74) is 1.37. The smallest absolute Gasteiger partial charge is 0.255 e. The maximum Gasteiger partial charge on any atom is 0.255 e. The molecule has 0 radical (unpaired) electrons. The summed E-state index contributed by atoms with van der Waals surface area (Å²) in [4.78, 5) is 16.3. The van der Waals surface area contributed by atoms with Crippen LogP contribution in [0.15, 0.2) is 48.1 Å². The molecular formula is C13H11N3OS. The molecule has 1 amide bonds. The van der Waals surface area contributed by atoms with Gasteiger partial charge in [-0.15, -0.1) is 0 Å². The third kappa shape index (κ3) is 2.17. The van der Waals surface area contributed by atoms with Gasteiger partial charge in [0.1, 0.15) is 0 Å². The molecule has 1 aliphatic heterocycles. The van der Waals surface area contributed by atoms with E-state index in [4.69, 9.17) is 0 Å². The third-order valence-corrected chi connectivity index (χ3v) is 3.46. The number of hydrogen-bond donors (Lipinski definition) is 2. The fourth-order valence-electron chi connectivity index (χ4n) is 1.76. The van der Waals surface area contributed by atoms with Crippen LogP contribution in [0.4, 0.5) is 0 Å². The molecule has 3 rings (SSSR count). The average Bonchev–Trinajstić information content (AvgIpc) is 2.91. The molecule has 0 aliphatic carbocycles. The van der Waals surface area contributed by atoms with E-state index in [1.165, 1.54) is 11.8 Å². The molecule has 2 N–H and O–H groups in total. The van der Waals surface area contributed by atoms with E-state index in [0.29, 0.717) is 5.56 Å². The number of nitrogens with zero attached hydrogens (tertiary/aromatic N) is 1. The Kier molecular flexibility index (Phi) is 2.90. The first-order chi connectivity index (χ1) is 8.83. The molecule has 0 bridgehead atoms. The minimum absolute atomic E-state index is 0.0935. The number of aromatic nitrogens is 1. The van der Waals surface area contributed by atoms with Gasteiger partial charge in [0, 0.05) is 17.8 Å². The lowest BCUT2D eigenvalue weighted by atomic mass is 10.1. The van der Waals surface area contributed by atoms with Gasteiger partial charge >= 0.3 is 0 Å². The third-order valence-electron chi connectivity index (χ3n) is 2.65. The van der Waals surface area contributed by atoms with Gasteiger partial charge in [-0.2, -0.15) is 0 Å². The predicted molar refractivity (Wildman–Crippen MR) is 72.9 cm³/mol. The lowest BCUT2D eigenvalue weighted by Gasteiger charge is -2.12. The molecule has 1 atom stereocenters. The Bertz CT molecular complexity index is 618. The van der Waals surface area contributed by atoms with E-state index in [1.807, 2.05) is 41.9 Å². The number of fused-ring (bicyclic) bond motifs is 1. The van der Waals surface area contributed by atoms with Crippen LogP contribution in [-0.2, 0) is 0 Å². The van der Waals surface area contributed by atoms with Crippen LogP contribution in [0.1, 0.15) is 10.4 Å². The molecule has 5 heteroatoms. The van der Waals surface area contributed by atoms with Crippen LogP contribution in [0.2, 0.25) is 0 Å². The normalized spacial score (nSPS) is 17.7. The van der Waals surface area contributed by atoms with Crippen molar-refractivity contribution in [1.29, 1.82) is 0 Å². The Morgan fingerprint density at radius 2 is 2.28 bits per heavy atom. The zero-order valence-corrected chi connectivity index (χ0v) is 10.3. The molecular weight excluding hydrogens is 246 g/mol. The van der Waals surface area contributed by atoms with Gasteiger partial charge in [-0.25, -0.2) is 0 Å². The molecule has 0 fully saturated rings.